The summed E-state index contributed by atoms with van der Waals surface area (Å²) in [6.45, 7) is 0. The van der Waals surface area contributed by atoms with E-state index in [1.54, 1.807) is 0 Å². The molecule has 0 N–H and O–H groups in total. The van der Waals surface area contributed by atoms with E-state index in [4.69, 9.17) is 26.4 Å². The molecule has 0 unspecified atom stereocenters. The second-order valence-corrected chi connectivity index (χ2v) is 12.2. The zero-order valence-corrected chi connectivity index (χ0v) is 30.6. The number of aromatic nitrogens is 4. The Morgan fingerprint density at radius 3 is 1.08 bits per heavy atom. The van der Waals surface area contributed by atoms with Crippen LogP contribution in [0.4, 0.5) is 0 Å². The number of fused-ring (bicyclic) bond motifs is 8. The van der Waals surface area contributed by atoms with E-state index in [-0.39, 0.29) is 19.5 Å². The predicted molar refractivity (Wildman–Crippen MR) is 206 cm³/mol. The van der Waals surface area contributed by atoms with Crippen molar-refractivity contribution in [3.8, 4) is 56.9 Å². The van der Waals surface area contributed by atoms with Crippen molar-refractivity contribution in [2.45, 2.75) is 0 Å². The zero-order chi connectivity index (χ0) is 33.4. The fourth-order valence-electron chi connectivity index (χ4n) is 6.85. The van der Waals surface area contributed by atoms with Crippen molar-refractivity contribution in [1.82, 2.24) is 19.9 Å². The van der Waals surface area contributed by atoms with Crippen LogP contribution in [0.2, 0.25) is 0 Å². The average molecular weight is 702 g/mol. The third-order valence-electron chi connectivity index (χ3n) is 9.11. The molecule has 9 rings (SSSR count). The molecule has 0 radical (unpaired) electrons. The normalized spacial score (nSPS) is 11.6. The number of nitrogens with zero attached hydrogens (tertiary/aromatic N) is 4. The van der Waals surface area contributed by atoms with Gasteiger partial charge < -0.3 is 9.97 Å². The quantitative estimate of drug-likeness (QED) is 0.135. The molecule has 0 saturated heterocycles. The molecular weight excluding hydrogens is 674 g/mol. The van der Waals surface area contributed by atoms with E-state index in [0.717, 1.165) is 94.9 Å². The predicted octanol–water partition coefficient (Wildman–Crippen LogP) is 10.6. The summed E-state index contributed by atoms with van der Waals surface area (Å²) in [4.78, 5) is 21.2. The molecule has 4 nitrogen and oxygen atoms in total. The van der Waals surface area contributed by atoms with E-state index >= 15 is 0 Å². The molecule has 2 aliphatic heterocycles. The summed E-state index contributed by atoms with van der Waals surface area (Å²) in [6.07, 6.45) is 14.2. The van der Waals surface area contributed by atoms with Gasteiger partial charge in [-0.05, 0) is 80.9 Å². The van der Waals surface area contributed by atoms with Crippen LogP contribution in [-0.2, 0) is 19.5 Å². The molecular formula is C46H28N4Zn. The Morgan fingerprint density at radius 1 is 0.392 bits per heavy atom. The Labute approximate surface area is 309 Å². The number of hydrogen-bond donors (Lipinski definition) is 0. The largest absolute Gasteiger partial charge is 2.00 e. The smallest absolute Gasteiger partial charge is 0.657 e. The summed E-state index contributed by atoms with van der Waals surface area (Å²) in [6, 6.07) is 47.4. The SMILES string of the molecule is C#Cc1cccc(-c2c3nc(c(-c4ccccc4)c4ccc([n-]4)c(-c4ccccc4)c4nc(c(-c5ccccc5)c5ccc2[n-]5)C=C4)C=C3)c1.[Zn+2]. The maximum Gasteiger partial charge on any atom is 2.00 e. The summed E-state index contributed by atoms with van der Waals surface area (Å²) >= 11 is 0. The third-order valence-corrected chi connectivity index (χ3v) is 9.11. The molecule has 0 saturated carbocycles. The molecule has 4 aromatic carbocycles. The van der Waals surface area contributed by atoms with Gasteiger partial charge in [-0.1, -0.05) is 133 Å². The minimum atomic E-state index is 0. The molecule has 2 aliphatic rings. The van der Waals surface area contributed by atoms with Crippen LogP contribution in [0.15, 0.2) is 140 Å². The van der Waals surface area contributed by atoms with E-state index < -0.39 is 0 Å². The number of hydrogen-bond acceptors (Lipinski definition) is 2. The Morgan fingerprint density at radius 2 is 0.725 bits per heavy atom. The van der Waals surface area contributed by atoms with E-state index in [9.17, 15) is 0 Å². The van der Waals surface area contributed by atoms with Crippen LogP contribution in [0, 0.1) is 12.3 Å². The van der Waals surface area contributed by atoms with Crippen LogP contribution in [-0.4, -0.2) is 9.97 Å². The fraction of sp³-hybridized carbons (Fsp3) is 0. The molecule has 5 heteroatoms. The first-order valence-corrected chi connectivity index (χ1v) is 16.5. The first-order chi connectivity index (χ1) is 24.7. The van der Waals surface area contributed by atoms with Crippen molar-refractivity contribution in [3.63, 3.8) is 0 Å². The molecule has 0 fully saturated rings. The van der Waals surface area contributed by atoms with Crippen molar-refractivity contribution >= 4 is 46.4 Å². The van der Waals surface area contributed by atoms with Gasteiger partial charge in [0.2, 0.25) is 0 Å². The monoisotopic (exact) mass is 700 g/mol. The molecule has 0 amide bonds. The van der Waals surface area contributed by atoms with Crippen molar-refractivity contribution in [2.75, 3.05) is 0 Å². The van der Waals surface area contributed by atoms with E-state index in [1.807, 2.05) is 60.7 Å². The van der Waals surface area contributed by atoms with Crippen LogP contribution in [0.25, 0.3) is 90.9 Å². The third kappa shape index (κ3) is 5.87. The second kappa shape index (κ2) is 13.5. The summed E-state index contributed by atoms with van der Waals surface area (Å²) in [5.41, 5.74) is 15.2. The second-order valence-electron chi connectivity index (χ2n) is 12.2. The Kier molecular flexibility index (Phi) is 8.46. The summed E-state index contributed by atoms with van der Waals surface area (Å²) in [5, 5.41) is 0. The van der Waals surface area contributed by atoms with E-state index in [1.165, 1.54) is 0 Å². The number of rotatable bonds is 4. The van der Waals surface area contributed by atoms with E-state index in [0.29, 0.717) is 0 Å². The molecule has 51 heavy (non-hydrogen) atoms. The molecule has 0 atom stereocenters. The van der Waals surface area contributed by atoms with Gasteiger partial charge in [0.25, 0.3) is 0 Å². The summed E-state index contributed by atoms with van der Waals surface area (Å²) in [5.74, 6) is 2.80. The maximum atomic E-state index is 5.87. The van der Waals surface area contributed by atoms with Crippen molar-refractivity contribution in [1.29, 1.82) is 0 Å². The first-order valence-electron chi connectivity index (χ1n) is 16.5. The van der Waals surface area contributed by atoms with Gasteiger partial charge in [-0.2, -0.15) is 0 Å². The molecule has 0 aliphatic carbocycles. The van der Waals surface area contributed by atoms with Crippen LogP contribution < -0.4 is 9.97 Å². The Bertz CT molecular complexity index is 2660. The molecule has 7 aromatic rings. The average Bonchev–Trinajstić information content (AvgIpc) is 4.01. The summed E-state index contributed by atoms with van der Waals surface area (Å²) in [7, 11) is 0. The van der Waals surface area contributed by atoms with Crippen LogP contribution in [0.5, 0.6) is 0 Å². The van der Waals surface area contributed by atoms with Gasteiger partial charge in [0.05, 0.1) is 22.8 Å². The Hall–Kier alpha value is -6.34. The van der Waals surface area contributed by atoms with Gasteiger partial charge in [0, 0.05) is 5.56 Å². The minimum absolute atomic E-state index is 0. The minimum Gasteiger partial charge on any atom is -0.657 e. The number of terminal acetylenes is 1. The van der Waals surface area contributed by atoms with Gasteiger partial charge in [-0.25, -0.2) is 9.97 Å². The van der Waals surface area contributed by atoms with Gasteiger partial charge in [-0.3, -0.25) is 0 Å². The fourth-order valence-corrected chi connectivity index (χ4v) is 6.85. The molecule has 3 aromatic heterocycles. The van der Waals surface area contributed by atoms with Crippen molar-refractivity contribution in [2.24, 2.45) is 0 Å². The summed E-state index contributed by atoms with van der Waals surface area (Å²) < 4.78 is 0. The molecule has 234 valence electrons. The van der Waals surface area contributed by atoms with Crippen LogP contribution in [0.1, 0.15) is 28.3 Å². The van der Waals surface area contributed by atoms with Gasteiger partial charge in [-0.15, -0.1) is 28.5 Å². The van der Waals surface area contributed by atoms with Crippen LogP contribution >= 0.6 is 0 Å². The maximum absolute atomic E-state index is 5.87. The molecule has 5 heterocycles. The van der Waals surface area contributed by atoms with Gasteiger partial charge >= 0.3 is 19.5 Å². The van der Waals surface area contributed by atoms with Crippen molar-refractivity contribution in [3.05, 3.63) is 168 Å². The van der Waals surface area contributed by atoms with Gasteiger partial charge in [0.1, 0.15) is 0 Å². The zero-order valence-electron chi connectivity index (χ0n) is 27.7. The topological polar surface area (TPSA) is 54.0 Å². The van der Waals surface area contributed by atoms with E-state index in [2.05, 4.69) is 109 Å². The molecule has 0 spiro atoms. The standard InChI is InChI=1S/C46H28N4.Zn/c1-2-30-13-12-20-34(29-30)46-41-27-25-39(49-41)44(32-16-8-4-9-17-32)37-23-21-35(47-37)43(31-14-6-3-7-15-31)36-22-24-38(48-36)45(33-18-10-5-11-19-33)40-26-28-42(46)50-40;/h1,3-29H;/q-2;+2. The van der Waals surface area contributed by atoms with Gasteiger partial charge in [0.15, 0.2) is 0 Å². The first kappa shape index (κ1) is 31.9. The Balaban J connectivity index is 0.00000374. The van der Waals surface area contributed by atoms with Crippen molar-refractivity contribution < 1.29 is 19.5 Å². The number of benzene rings is 4. The van der Waals surface area contributed by atoms with Crippen LogP contribution in [0.3, 0.4) is 0 Å². The molecule has 8 bridgehead atoms.